The monoisotopic (exact) mass is 420 g/mol. The molecule has 0 saturated carbocycles. The molecule has 0 N–H and O–H groups in total. The lowest BCUT2D eigenvalue weighted by atomic mass is 10.1. The highest BCUT2D eigenvalue weighted by Gasteiger charge is 2.30. The number of para-hydroxylation sites is 1. The SMILES string of the molecule is CC[Si](CC)(CC)Oc1ccc(Br)c(COc2c(C)cccc2C)c1. The molecule has 0 aliphatic heterocycles. The van der Waals surface area contributed by atoms with Gasteiger partial charge in [0, 0.05) is 10.0 Å². The van der Waals surface area contributed by atoms with E-state index in [0.29, 0.717) is 6.61 Å². The molecule has 0 radical (unpaired) electrons. The minimum Gasteiger partial charge on any atom is -0.543 e. The Labute approximate surface area is 161 Å². The number of aryl methyl sites for hydroxylation is 2. The lowest BCUT2D eigenvalue weighted by Crippen LogP contribution is -2.39. The van der Waals surface area contributed by atoms with E-state index < -0.39 is 8.32 Å². The second-order valence-corrected chi connectivity index (χ2v) is 12.2. The average Bonchev–Trinajstić information content (AvgIpc) is 2.61. The minimum atomic E-state index is -1.66. The molecule has 0 bridgehead atoms. The van der Waals surface area contributed by atoms with Crippen LogP contribution in [0.5, 0.6) is 11.5 Å². The summed E-state index contributed by atoms with van der Waals surface area (Å²) in [6, 6.07) is 15.9. The van der Waals surface area contributed by atoms with Gasteiger partial charge in [0.25, 0.3) is 0 Å². The van der Waals surface area contributed by atoms with Crippen LogP contribution in [0.3, 0.4) is 0 Å². The molecular weight excluding hydrogens is 392 g/mol. The van der Waals surface area contributed by atoms with Gasteiger partial charge in [-0.15, -0.1) is 0 Å². The van der Waals surface area contributed by atoms with Gasteiger partial charge in [-0.25, -0.2) is 0 Å². The molecule has 0 unspecified atom stereocenters. The molecule has 0 heterocycles. The maximum absolute atomic E-state index is 6.51. The maximum Gasteiger partial charge on any atom is 0.250 e. The summed E-state index contributed by atoms with van der Waals surface area (Å²) >= 11 is 3.65. The maximum atomic E-state index is 6.51. The fourth-order valence-electron chi connectivity index (χ4n) is 3.12. The van der Waals surface area contributed by atoms with Crippen LogP contribution in [0.2, 0.25) is 18.1 Å². The van der Waals surface area contributed by atoms with E-state index in [0.717, 1.165) is 50.8 Å². The Morgan fingerprint density at radius 1 is 0.920 bits per heavy atom. The number of rotatable bonds is 8. The molecular formula is C21H29BrO2Si. The standard InChI is InChI=1S/C21H29BrO2Si/c1-6-25(7-2,8-3)24-19-12-13-20(22)18(14-19)15-23-21-16(4)10-9-11-17(21)5/h9-14H,6-8,15H2,1-5H3. The summed E-state index contributed by atoms with van der Waals surface area (Å²) in [4.78, 5) is 0. The first kappa shape index (κ1) is 20.1. The first-order chi connectivity index (χ1) is 11.9. The summed E-state index contributed by atoms with van der Waals surface area (Å²) in [5.74, 6) is 1.95. The molecule has 0 spiro atoms. The third kappa shape index (κ3) is 4.89. The van der Waals surface area contributed by atoms with Crippen LogP contribution in [0.15, 0.2) is 40.9 Å². The van der Waals surface area contributed by atoms with Gasteiger partial charge in [0.05, 0.1) is 0 Å². The minimum absolute atomic E-state index is 0.530. The van der Waals surface area contributed by atoms with Crippen molar-refractivity contribution >= 4 is 24.2 Å². The third-order valence-electron chi connectivity index (χ3n) is 5.07. The van der Waals surface area contributed by atoms with Crippen molar-refractivity contribution in [1.82, 2.24) is 0 Å². The Bertz CT molecular complexity index is 683. The number of hydrogen-bond donors (Lipinski definition) is 0. The molecule has 0 fully saturated rings. The zero-order valence-electron chi connectivity index (χ0n) is 16.0. The van der Waals surface area contributed by atoms with Crippen LogP contribution < -0.4 is 9.16 Å². The van der Waals surface area contributed by atoms with E-state index in [1.165, 1.54) is 0 Å². The van der Waals surface area contributed by atoms with Crippen LogP contribution in [0, 0.1) is 13.8 Å². The molecule has 0 amide bonds. The molecule has 2 aromatic carbocycles. The van der Waals surface area contributed by atoms with Crippen molar-refractivity contribution in [2.75, 3.05) is 0 Å². The number of benzene rings is 2. The quantitative estimate of drug-likeness (QED) is 0.426. The van der Waals surface area contributed by atoms with Crippen molar-refractivity contribution < 1.29 is 9.16 Å². The predicted octanol–water partition coefficient (Wildman–Crippen LogP) is 7.03. The van der Waals surface area contributed by atoms with Crippen molar-refractivity contribution in [3.05, 3.63) is 57.6 Å². The van der Waals surface area contributed by atoms with Crippen LogP contribution in [0.4, 0.5) is 0 Å². The second kappa shape index (κ2) is 8.90. The molecule has 136 valence electrons. The van der Waals surface area contributed by atoms with Gasteiger partial charge in [0.2, 0.25) is 8.32 Å². The van der Waals surface area contributed by atoms with E-state index in [4.69, 9.17) is 9.16 Å². The molecule has 2 rings (SSSR count). The van der Waals surface area contributed by atoms with E-state index in [1.807, 2.05) is 0 Å². The molecule has 0 aliphatic carbocycles. The van der Waals surface area contributed by atoms with Crippen molar-refractivity contribution in [2.45, 2.75) is 59.4 Å². The Kier molecular flexibility index (Phi) is 7.14. The molecule has 0 atom stereocenters. The highest BCUT2D eigenvalue weighted by atomic mass is 79.9. The van der Waals surface area contributed by atoms with Crippen molar-refractivity contribution in [2.24, 2.45) is 0 Å². The predicted molar refractivity (Wildman–Crippen MR) is 112 cm³/mol. The smallest absolute Gasteiger partial charge is 0.250 e. The van der Waals surface area contributed by atoms with E-state index in [9.17, 15) is 0 Å². The summed E-state index contributed by atoms with van der Waals surface area (Å²) < 4.78 is 13.7. The lowest BCUT2D eigenvalue weighted by Gasteiger charge is -2.29. The lowest BCUT2D eigenvalue weighted by molar-refractivity contribution is 0.301. The zero-order valence-corrected chi connectivity index (χ0v) is 18.6. The zero-order chi connectivity index (χ0) is 18.4. The van der Waals surface area contributed by atoms with Gasteiger partial charge < -0.3 is 9.16 Å². The molecule has 25 heavy (non-hydrogen) atoms. The summed E-state index contributed by atoms with van der Waals surface area (Å²) in [5.41, 5.74) is 3.45. The fraction of sp³-hybridized carbons (Fsp3) is 0.429. The van der Waals surface area contributed by atoms with Gasteiger partial charge in [-0.1, -0.05) is 54.9 Å². The highest BCUT2D eigenvalue weighted by molar-refractivity contribution is 9.10. The van der Waals surface area contributed by atoms with Gasteiger partial charge in [-0.2, -0.15) is 0 Å². The molecule has 2 aromatic rings. The Hall–Kier alpha value is -1.26. The summed E-state index contributed by atoms with van der Waals surface area (Å²) in [7, 11) is -1.66. The number of ether oxygens (including phenoxy) is 1. The van der Waals surface area contributed by atoms with Gasteiger partial charge in [0.15, 0.2) is 0 Å². The first-order valence-corrected chi connectivity index (χ1v) is 12.4. The van der Waals surface area contributed by atoms with Crippen molar-refractivity contribution in [3.63, 3.8) is 0 Å². The fourth-order valence-corrected chi connectivity index (χ4v) is 6.04. The average molecular weight is 421 g/mol. The number of halogens is 1. The molecule has 4 heteroatoms. The van der Waals surface area contributed by atoms with Crippen LogP contribution in [-0.4, -0.2) is 8.32 Å². The second-order valence-electron chi connectivity index (χ2n) is 6.61. The molecule has 2 nitrogen and oxygen atoms in total. The molecule has 0 saturated heterocycles. The third-order valence-corrected chi connectivity index (χ3v) is 10.4. The van der Waals surface area contributed by atoms with Crippen LogP contribution in [0.1, 0.15) is 37.5 Å². The van der Waals surface area contributed by atoms with E-state index >= 15 is 0 Å². The molecule has 0 aromatic heterocycles. The van der Waals surface area contributed by atoms with Crippen LogP contribution >= 0.6 is 15.9 Å². The van der Waals surface area contributed by atoms with Gasteiger partial charge in [-0.3, -0.25) is 0 Å². The normalized spacial score (nSPS) is 11.4. The summed E-state index contributed by atoms with van der Waals surface area (Å²) in [6.07, 6.45) is 0. The van der Waals surface area contributed by atoms with E-state index in [1.54, 1.807) is 0 Å². The number of hydrogen-bond acceptors (Lipinski definition) is 2. The van der Waals surface area contributed by atoms with Gasteiger partial charge >= 0.3 is 0 Å². The first-order valence-electron chi connectivity index (χ1n) is 9.11. The Morgan fingerprint density at radius 2 is 1.52 bits per heavy atom. The van der Waals surface area contributed by atoms with Crippen LogP contribution in [0.25, 0.3) is 0 Å². The Morgan fingerprint density at radius 3 is 2.08 bits per heavy atom. The highest BCUT2D eigenvalue weighted by Crippen LogP contribution is 2.30. The van der Waals surface area contributed by atoms with E-state index in [-0.39, 0.29) is 0 Å². The Balaban J connectivity index is 2.19. The van der Waals surface area contributed by atoms with Crippen LogP contribution in [-0.2, 0) is 6.61 Å². The largest absolute Gasteiger partial charge is 0.543 e. The van der Waals surface area contributed by atoms with Gasteiger partial charge in [-0.05, 0) is 61.3 Å². The van der Waals surface area contributed by atoms with Crippen molar-refractivity contribution in [1.29, 1.82) is 0 Å². The van der Waals surface area contributed by atoms with Gasteiger partial charge in [0.1, 0.15) is 18.1 Å². The summed E-state index contributed by atoms with van der Waals surface area (Å²) in [5, 5.41) is 0. The van der Waals surface area contributed by atoms with E-state index in [2.05, 4.69) is 86.9 Å². The van der Waals surface area contributed by atoms with Crippen molar-refractivity contribution in [3.8, 4) is 11.5 Å². The molecule has 0 aliphatic rings. The summed E-state index contributed by atoms with van der Waals surface area (Å²) in [6.45, 7) is 11.5. The topological polar surface area (TPSA) is 18.5 Å².